The molecule has 0 bridgehead atoms. The zero-order valence-electron chi connectivity index (χ0n) is 19.6. The number of halogens is 4. The number of nitrogens with zero attached hydrogens (tertiary/aromatic N) is 2. The van der Waals surface area contributed by atoms with Crippen molar-refractivity contribution < 1.29 is 22.7 Å². The van der Waals surface area contributed by atoms with E-state index in [1.807, 2.05) is 38.1 Å². The highest BCUT2D eigenvalue weighted by atomic mass is 35.5. The summed E-state index contributed by atoms with van der Waals surface area (Å²) >= 11 is 6.02. The number of aromatic nitrogens is 2. The fourth-order valence-electron chi connectivity index (χ4n) is 3.42. The first-order chi connectivity index (χ1) is 17.3. The molecule has 0 atom stereocenters. The number of anilines is 1. The molecule has 2 aromatic carbocycles. The number of fused-ring (bicyclic) bond motifs is 1. The van der Waals surface area contributed by atoms with Crippen LogP contribution in [0.25, 0.3) is 10.9 Å². The van der Waals surface area contributed by atoms with Crippen molar-refractivity contribution in [3.63, 3.8) is 0 Å². The van der Waals surface area contributed by atoms with Crippen molar-refractivity contribution in [1.82, 2.24) is 15.3 Å². The number of hydrogen-bond acceptors (Lipinski definition) is 5. The van der Waals surface area contributed by atoms with Gasteiger partial charge in [-0.1, -0.05) is 37.6 Å². The van der Waals surface area contributed by atoms with Gasteiger partial charge in [0.25, 0.3) is 5.91 Å². The molecule has 0 radical (unpaired) electrons. The second-order valence-corrected chi connectivity index (χ2v) is 7.85. The van der Waals surface area contributed by atoms with E-state index in [9.17, 15) is 18.0 Å². The molecular formula is C26H24ClF3N4O2. The van der Waals surface area contributed by atoms with Crippen LogP contribution in [0.5, 0.6) is 5.75 Å². The van der Waals surface area contributed by atoms with E-state index in [0.29, 0.717) is 22.7 Å². The van der Waals surface area contributed by atoms with Crippen LogP contribution in [0.15, 0.2) is 60.9 Å². The summed E-state index contributed by atoms with van der Waals surface area (Å²) in [4.78, 5) is 21.2. The van der Waals surface area contributed by atoms with E-state index in [-0.39, 0.29) is 17.8 Å². The van der Waals surface area contributed by atoms with E-state index in [0.717, 1.165) is 16.5 Å². The Hall–Kier alpha value is -3.85. The van der Waals surface area contributed by atoms with Crippen LogP contribution in [0.4, 0.5) is 18.9 Å². The van der Waals surface area contributed by atoms with Gasteiger partial charge in [0.15, 0.2) is 11.6 Å². The van der Waals surface area contributed by atoms with Crippen LogP contribution in [-0.2, 0) is 13.0 Å². The molecule has 36 heavy (non-hydrogen) atoms. The quantitative estimate of drug-likeness (QED) is 0.287. The topological polar surface area (TPSA) is 90.1 Å². The molecule has 0 fully saturated rings. The molecule has 0 spiro atoms. The number of nitrogens with two attached hydrogens (primary N) is 1. The summed E-state index contributed by atoms with van der Waals surface area (Å²) in [6.07, 6.45) is 3.54. The molecule has 0 unspecified atom stereocenters. The Kier molecular flexibility index (Phi) is 9.08. The average molecular weight is 517 g/mol. The number of ether oxygens (including phenoxy) is 1. The number of carbonyl (C=O) groups excluding carboxylic acids is 1. The lowest BCUT2D eigenvalue weighted by Crippen LogP contribution is -2.24. The van der Waals surface area contributed by atoms with Gasteiger partial charge in [-0.05, 0) is 42.0 Å². The highest BCUT2D eigenvalue weighted by Crippen LogP contribution is 2.29. The summed E-state index contributed by atoms with van der Waals surface area (Å²) < 4.78 is 43.6. The lowest BCUT2D eigenvalue weighted by molar-refractivity contribution is -0.0517. The molecule has 2 aromatic heterocycles. The molecule has 10 heteroatoms. The summed E-state index contributed by atoms with van der Waals surface area (Å²) in [5, 5.41) is 3.99. The molecule has 0 aliphatic carbocycles. The Labute approximate surface area is 211 Å². The van der Waals surface area contributed by atoms with Crippen molar-refractivity contribution >= 4 is 34.1 Å². The molecule has 188 valence electrons. The molecule has 6 nitrogen and oxygen atoms in total. The lowest BCUT2D eigenvalue weighted by atomic mass is 10.0. The van der Waals surface area contributed by atoms with Crippen LogP contribution in [0, 0.1) is 5.82 Å². The van der Waals surface area contributed by atoms with Gasteiger partial charge in [0.2, 0.25) is 0 Å². The van der Waals surface area contributed by atoms with Crippen molar-refractivity contribution in [3.05, 3.63) is 94.1 Å². The maximum absolute atomic E-state index is 14.5. The van der Waals surface area contributed by atoms with Crippen LogP contribution in [0.1, 0.15) is 41.0 Å². The zero-order chi connectivity index (χ0) is 26.2. The van der Waals surface area contributed by atoms with Crippen LogP contribution >= 0.6 is 11.6 Å². The van der Waals surface area contributed by atoms with Gasteiger partial charge in [0.05, 0.1) is 16.2 Å². The summed E-state index contributed by atoms with van der Waals surface area (Å²) in [6, 6.07) is 13.2. The average Bonchev–Trinajstić information content (AvgIpc) is 2.87. The van der Waals surface area contributed by atoms with Crippen molar-refractivity contribution in [2.24, 2.45) is 0 Å². The number of pyridine rings is 2. The third-order valence-corrected chi connectivity index (χ3v) is 5.24. The number of hydrogen-bond donors (Lipinski definition) is 2. The van der Waals surface area contributed by atoms with Gasteiger partial charge in [-0.25, -0.2) is 4.39 Å². The van der Waals surface area contributed by atoms with E-state index in [1.165, 1.54) is 24.4 Å². The van der Waals surface area contributed by atoms with Crippen molar-refractivity contribution in [2.45, 2.75) is 33.4 Å². The van der Waals surface area contributed by atoms with E-state index in [1.54, 1.807) is 12.3 Å². The maximum Gasteiger partial charge on any atom is 0.387 e. The largest absolute Gasteiger partial charge is 0.429 e. The number of rotatable bonds is 7. The first kappa shape index (κ1) is 26.7. The third-order valence-electron chi connectivity index (χ3n) is 5.03. The van der Waals surface area contributed by atoms with E-state index >= 15 is 0 Å². The minimum Gasteiger partial charge on any atom is -0.429 e. The van der Waals surface area contributed by atoms with Crippen LogP contribution < -0.4 is 15.8 Å². The van der Waals surface area contributed by atoms with Crippen LogP contribution in [0.2, 0.25) is 5.02 Å². The summed E-state index contributed by atoms with van der Waals surface area (Å²) in [6.45, 7) is 0.522. The fourth-order valence-corrected chi connectivity index (χ4v) is 3.59. The minimum atomic E-state index is -3.23. The predicted molar refractivity (Wildman–Crippen MR) is 134 cm³/mol. The SMILES string of the molecule is CC.Nc1ccc(CNC(=O)c2ccnc(Cc3ccc4ncc(Cl)cc4c3)c2)c(F)c1OC(F)F. The third kappa shape index (κ3) is 6.63. The Bertz CT molecular complexity index is 1370. The van der Waals surface area contributed by atoms with Gasteiger partial charge < -0.3 is 15.8 Å². The van der Waals surface area contributed by atoms with E-state index < -0.39 is 24.1 Å². The molecule has 4 aromatic rings. The number of benzene rings is 2. The minimum absolute atomic E-state index is 0.0455. The highest BCUT2D eigenvalue weighted by Gasteiger charge is 2.18. The molecule has 4 rings (SSSR count). The van der Waals surface area contributed by atoms with Crippen LogP contribution in [0.3, 0.4) is 0 Å². The standard InChI is InChI=1S/C24H18ClF3N4O2.C2H6/c25-17-9-16-7-13(1-4-20(16)31-12-17)8-18-10-14(5-6-30-18)23(33)32-11-15-2-3-19(29)22(21(15)26)34-24(27)28;1-2/h1-7,9-10,12,24H,8,11,29H2,(H,32,33);1-2H3. The summed E-state index contributed by atoms with van der Waals surface area (Å²) in [7, 11) is 0. The van der Waals surface area contributed by atoms with Crippen molar-refractivity contribution in [2.75, 3.05) is 5.73 Å². The van der Waals surface area contributed by atoms with Gasteiger partial charge in [0.1, 0.15) is 0 Å². The maximum atomic E-state index is 14.5. The first-order valence-corrected chi connectivity index (χ1v) is 11.5. The highest BCUT2D eigenvalue weighted by molar-refractivity contribution is 6.31. The summed E-state index contributed by atoms with van der Waals surface area (Å²) in [5.41, 5.74) is 7.92. The molecule has 0 aliphatic heterocycles. The van der Waals surface area contributed by atoms with Crippen LogP contribution in [-0.4, -0.2) is 22.5 Å². The number of amides is 1. The Morgan fingerprint density at radius 1 is 1.11 bits per heavy atom. The lowest BCUT2D eigenvalue weighted by Gasteiger charge is -2.13. The Morgan fingerprint density at radius 2 is 1.89 bits per heavy atom. The number of nitrogens with one attached hydrogen (secondary N) is 1. The second-order valence-electron chi connectivity index (χ2n) is 7.41. The van der Waals surface area contributed by atoms with Gasteiger partial charge >= 0.3 is 6.61 Å². The smallest absolute Gasteiger partial charge is 0.387 e. The molecule has 3 N–H and O–H groups in total. The first-order valence-electron chi connectivity index (χ1n) is 11.1. The monoisotopic (exact) mass is 516 g/mol. The van der Waals surface area contributed by atoms with Crippen molar-refractivity contribution in [1.29, 1.82) is 0 Å². The number of carbonyl (C=O) groups is 1. The van der Waals surface area contributed by atoms with Gasteiger partial charge in [-0.15, -0.1) is 0 Å². The zero-order valence-corrected chi connectivity index (χ0v) is 20.3. The molecule has 2 heterocycles. The molecule has 0 aliphatic rings. The number of alkyl halides is 2. The molecular weight excluding hydrogens is 493 g/mol. The summed E-state index contributed by atoms with van der Waals surface area (Å²) in [5.74, 6) is -2.28. The van der Waals surface area contributed by atoms with Crippen molar-refractivity contribution in [3.8, 4) is 5.75 Å². The Morgan fingerprint density at radius 3 is 2.64 bits per heavy atom. The normalized spacial score (nSPS) is 10.6. The second kappa shape index (κ2) is 12.2. The molecule has 0 saturated carbocycles. The van der Waals surface area contributed by atoms with Gasteiger partial charge in [0, 0.05) is 47.6 Å². The fraction of sp³-hybridized carbons (Fsp3) is 0.192. The van der Waals surface area contributed by atoms with E-state index in [4.69, 9.17) is 17.3 Å². The van der Waals surface area contributed by atoms with E-state index in [2.05, 4.69) is 20.0 Å². The predicted octanol–water partition coefficient (Wildman–Crippen LogP) is 6.15. The van der Waals surface area contributed by atoms with Gasteiger partial charge in [-0.2, -0.15) is 8.78 Å². The van der Waals surface area contributed by atoms with Gasteiger partial charge in [-0.3, -0.25) is 14.8 Å². The molecule has 0 saturated heterocycles. The molecule has 1 amide bonds. The Balaban J connectivity index is 0.00000176. The number of nitrogen functional groups attached to an aromatic ring is 1.